The molecule has 1 N–H and O–H groups in total. The van der Waals surface area contributed by atoms with Gasteiger partial charge >= 0.3 is 0 Å². The molecule has 0 bridgehead atoms. The quantitative estimate of drug-likeness (QED) is 0.905. The van der Waals surface area contributed by atoms with Gasteiger partial charge in [-0.05, 0) is 24.0 Å². The molecule has 2 atom stereocenters. The predicted octanol–water partition coefficient (Wildman–Crippen LogP) is 2.62. The number of hydrogen-bond donors (Lipinski definition) is 1. The monoisotopic (exact) mass is 288 g/mol. The van der Waals surface area contributed by atoms with Crippen molar-refractivity contribution in [3.63, 3.8) is 0 Å². The zero-order valence-corrected chi connectivity index (χ0v) is 13.8. The summed E-state index contributed by atoms with van der Waals surface area (Å²) in [4.78, 5) is 2.62. The fourth-order valence-electron chi connectivity index (χ4n) is 3.63. The maximum Gasteiger partial charge on any atom is 0.123 e. The van der Waals surface area contributed by atoms with Gasteiger partial charge in [-0.2, -0.15) is 0 Å². The van der Waals surface area contributed by atoms with Crippen LogP contribution < -0.4 is 10.1 Å². The van der Waals surface area contributed by atoms with Gasteiger partial charge in [0.15, 0.2) is 0 Å². The summed E-state index contributed by atoms with van der Waals surface area (Å²) in [6.45, 7) is 13.5. The number of nitrogens with zero attached hydrogens (tertiary/aromatic N) is 1. The third kappa shape index (κ3) is 3.24. The molecule has 0 amide bonds. The van der Waals surface area contributed by atoms with Crippen LogP contribution in [0.25, 0.3) is 0 Å². The molecule has 3 rings (SSSR count). The van der Waals surface area contributed by atoms with Crippen molar-refractivity contribution in [3.8, 4) is 5.75 Å². The lowest BCUT2D eigenvalue weighted by atomic mass is 9.84. The van der Waals surface area contributed by atoms with Gasteiger partial charge in [0.2, 0.25) is 0 Å². The summed E-state index contributed by atoms with van der Waals surface area (Å²) in [6, 6.07) is 7.13. The van der Waals surface area contributed by atoms with Crippen LogP contribution in [-0.4, -0.2) is 43.2 Å². The van der Waals surface area contributed by atoms with Crippen LogP contribution in [0.5, 0.6) is 5.75 Å². The van der Waals surface area contributed by atoms with Crippen molar-refractivity contribution < 1.29 is 4.74 Å². The summed E-state index contributed by atoms with van der Waals surface area (Å²) in [7, 11) is 0. The van der Waals surface area contributed by atoms with E-state index in [9.17, 15) is 0 Å². The highest BCUT2D eigenvalue weighted by atomic mass is 16.5. The number of hydrogen-bond acceptors (Lipinski definition) is 3. The first-order chi connectivity index (χ1) is 9.93. The topological polar surface area (TPSA) is 24.5 Å². The summed E-state index contributed by atoms with van der Waals surface area (Å²) in [5.74, 6) is 1.09. The second kappa shape index (κ2) is 5.62. The molecule has 2 aliphatic heterocycles. The summed E-state index contributed by atoms with van der Waals surface area (Å²) in [5.41, 5.74) is 3.00. The van der Waals surface area contributed by atoms with Crippen molar-refractivity contribution in [1.82, 2.24) is 10.2 Å². The minimum absolute atomic E-state index is 0.301. The first-order valence-electron chi connectivity index (χ1n) is 8.14. The van der Waals surface area contributed by atoms with E-state index in [4.69, 9.17) is 4.74 Å². The van der Waals surface area contributed by atoms with Crippen LogP contribution in [0.4, 0.5) is 0 Å². The molecule has 1 fully saturated rings. The van der Waals surface area contributed by atoms with E-state index in [1.54, 1.807) is 0 Å². The van der Waals surface area contributed by atoms with Gasteiger partial charge in [0.25, 0.3) is 0 Å². The van der Waals surface area contributed by atoms with E-state index in [1.807, 2.05) is 0 Å². The highest BCUT2D eigenvalue weighted by molar-refractivity contribution is 5.40. The number of aryl methyl sites for hydroxylation is 1. The normalized spacial score (nSPS) is 26.5. The van der Waals surface area contributed by atoms with Crippen molar-refractivity contribution >= 4 is 0 Å². The lowest BCUT2D eigenvalue weighted by Gasteiger charge is -2.44. The van der Waals surface area contributed by atoms with Gasteiger partial charge in [0.05, 0.1) is 0 Å². The van der Waals surface area contributed by atoms with E-state index in [-0.39, 0.29) is 0 Å². The Hall–Kier alpha value is -1.06. The molecular formula is C18H28N2O. The van der Waals surface area contributed by atoms with Gasteiger partial charge in [-0.25, -0.2) is 0 Å². The van der Waals surface area contributed by atoms with E-state index in [2.05, 4.69) is 56.1 Å². The Kier molecular flexibility index (Phi) is 3.98. The van der Waals surface area contributed by atoms with Gasteiger partial charge in [-0.1, -0.05) is 38.5 Å². The molecule has 0 aliphatic carbocycles. The largest absolute Gasteiger partial charge is 0.488 e. The molecule has 0 spiro atoms. The summed E-state index contributed by atoms with van der Waals surface area (Å²) >= 11 is 0. The van der Waals surface area contributed by atoms with Gasteiger partial charge in [-0.3, -0.25) is 4.90 Å². The van der Waals surface area contributed by atoms with Crippen LogP contribution in [0.3, 0.4) is 0 Å². The summed E-state index contributed by atoms with van der Waals surface area (Å²) < 4.78 is 6.16. The molecule has 21 heavy (non-hydrogen) atoms. The maximum atomic E-state index is 6.16. The molecule has 116 valence electrons. The third-order valence-electron chi connectivity index (χ3n) is 4.75. The molecule has 0 aromatic heterocycles. The van der Waals surface area contributed by atoms with Crippen LogP contribution in [-0.2, 0) is 6.42 Å². The number of benzene rings is 1. The van der Waals surface area contributed by atoms with E-state index in [0.717, 1.165) is 38.3 Å². The lowest BCUT2D eigenvalue weighted by molar-refractivity contribution is 0.0439. The number of fused-ring (bicyclic) bond motifs is 1. The molecule has 0 radical (unpaired) electrons. The first-order valence-corrected chi connectivity index (χ1v) is 8.14. The van der Waals surface area contributed by atoms with Crippen LogP contribution in [0.2, 0.25) is 0 Å². The van der Waals surface area contributed by atoms with Gasteiger partial charge in [0.1, 0.15) is 11.9 Å². The van der Waals surface area contributed by atoms with E-state index >= 15 is 0 Å². The van der Waals surface area contributed by atoms with Crippen LogP contribution in [0.1, 0.15) is 31.9 Å². The highest BCUT2D eigenvalue weighted by Gasteiger charge is 2.35. The molecule has 2 unspecified atom stereocenters. The third-order valence-corrected chi connectivity index (χ3v) is 4.75. The van der Waals surface area contributed by atoms with Gasteiger partial charge < -0.3 is 10.1 Å². The lowest BCUT2D eigenvalue weighted by Crippen LogP contribution is -2.58. The van der Waals surface area contributed by atoms with Crippen molar-refractivity contribution in [3.05, 3.63) is 29.3 Å². The summed E-state index contributed by atoms with van der Waals surface area (Å²) in [6.07, 6.45) is 1.36. The minimum Gasteiger partial charge on any atom is -0.488 e. The Bertz CT molecular complexity index is 506. The minimum atomic E-state index is 0.301. The second-order valence-electron chi connectivity index (χ2n) is 7.64. The molecule has 3 nitrogen and oxygen atoms in total. The molecular weight excluding hydrogens is 260 g/mol. The van der Waals surface area contributed by atoms with Crippen molar-refractivity contribution in [2.45, 2.75) is 46.3 Å². The van der Waals surface area contributed by atoms with E-state index in [1.165, 1.54) is 11.1 Å². The van der Waals surface area contributed by atoms with Gasteiger partial charge in [-0.15, -0.1) is 0 Å². The second-order valence-corrected chi connectivity index (χ2v) is 7.64. The van der Waals surface area contributed by atoms with Crippen molar-refractivity contribution in [1.29, 1.82) is 0 Å². The van der Waals surface area contributed by atoms with Gasteiger partial charge in [0, 0.05) is 38.6 Å². The number of ether oxygens (including phenoxy) is 1. The average molecular weight is 288 g/mol. The molecule has 2 heterocycles. The smallest absolute Gasteiger partial charge is 0.123 e. The molecule has 3 heteroatoms. The average Bonchev–Trinajstić information content (AvgIpc) is 2.79. The molecule has 2 aliphatic rings. The molecule has 1 aromatic rings. The standard InChI is InChI=1S/C18H28N2O/c1-13-5-6-16-14(9-13)10-15(21-16)12-20-8-7-19-11-17(20)18(2,3)4/h5-6,9,15,17,19H,7-8,10-12H2,1-4H3. The molecule has 0 saturated carbocycles. The fraction of sp³-hybridized carbons (Fsp3) is 0.667. The van der Waals surface area contributed by atoms with Crippen LogP contribution >= 0.6 is 0 Å². The number of rotatable bonds is 2. The van der Waals surface area contributed by atoms with E-state index in [0.29, 0.717) is 17.6 Å². The fourth-order valence-corrected chi connectivity index (χ4v) is 3.63. The summed E-state index contributed by atoms with van der Waals surface area (Å²) in [5, 5.41) is 3.54. The molecule has 1 aromatic carbocycles. The van der Waals surface area contributed by atoms with Crippen molar-refractivity contribution in [2.24, 2.45) is 5.41 Å². The Morgan fingerprint density at radius 2 is 2.14 bits per heavy atom. The zero-order chi connectivity index (χ0) is 15.0. The maximum absolute atomic E-state index is 6.16. The Balaban J connectivity index is 1.67. The SMILES string of the molecule is Cc1ccc2c(c1)CC(CN1CCNCC1C(C)(C)C)O2. The Morgan fingerprint density at radius 3 is 2.90 bits per heavy atom. The highest BCUT2D eigenvalue weighted by Crippen LogP contribution is 2.31. The Morgan fingerprint density at radius 1 is 1.33 bits per heavy atom. The zero-order valence-electron chi connectivity index (χ0n) is 13.8. The molecule has 1 saturated heterocycles. The van der Waals surface area contributed by atoms with Crippen molar-refractivity contribution in [2.75, 3.05) is 26.2 Å². The Labute approximate surface area is 128 Å². The van der Waals surface area contributed by atoms with Crippen LogP contribution in [0, 0.1) is 12.3 Å². The first kappa shape index (κ1) is 14.9. The van der Waals surface area contributed by atoms with E-state index < -0.39 is 0 Å². The number of nitrogens with one attached hydrogen (secondary N) is 1. The number of piperazine rings is 1. The predicted molar refractivity (Wildman–Crippen MR) is 87.0 cm³/mol. The van der Waals surface area contributed by atoms with Crippen LogP contribution in [0.15, 0.2) is 18.2 Å².